The Labute approximate surface area is 108 Å². The molecule has 0 N–H and O–H groups in total. The van der Waals surface area contributed by atoms with Gasteiger partial charge in [0.2, 0.25) is 5.69 Å². The molecule has 1 aliphatic heterocycles. The summed E-state index contributed by atoms with van der Waals surface area (Å²) in [6.45, 7) is 4.57. The summed E-state index contributed by atoms with van der Waals surface area (Å²) in [5.41, 5.74) is 4.00. The molecule has 0 amide bonds. The molecule has 3 rings (SSSR count). The molecule has 2 aromatic heterocycles. The lowest BCUT2D eigenvalue weighted by Crippen LogP contribution is -2.60. The van der Waals surface area contributed by atoms with Crippen LogP contribution < -0.4 is 4.57 Å². The Bertz CT molecular complexity index is 571. The molecular weight excluding hydrogens is 220 g/mol. The molecule has 92 valence electrons. The van der Waals surface area contributed by atoms with Gasteiger partial charge in [0, 0.05) is 37.6 Å². The van der Waals surface area contributed by atoms with E-state index in [4.69, 9.17) is 0 Å². The fourth-order valence-corrected chi connectivity index (χ4v) is 3.14. The highest BCUT2D eigenvalue weighted by molar-refractivity contribution is 5.57. The van der Waals surface area contributed by atoms with Crippen molar-refractivity contribution in [2.45, 2.75) is 38.6 Å². The summed E-state index contributed by atoms with van der Waals surface area (Å²) in [5, 5.41) is 0. The molecule has 0 saturated heterocycles. The fraction of sp³-hybridized carbons (Fsp3) is 0.375. The topological polar surface area (TPSA) is 16.8 Å². The molecule has 0 atom stereocenters. The van der Waals surface area contributed by atoms with Crippen LogP contribution in [0.1, 0.15) is 32.3 Å². The van der Waals surface area contributed by atoms with Crippen LogP contribution in [0.5, 0.6) is 0 Å². The molecule has 0 aliphatic carbocycles. The van der Waals surface area contributed by atoms with Crippen LogP contribution in [0.15, 0.2) is 42.7 Å². The van der Waals surface area contributed by atoms with Crippen molar-refractivity contribution in [3.05, 3.63) is 48.3 Å². The van der Waals surface area contributed by atoms with Crippen molar-refractivity contribution in [1.29, 1.82) is 0 Å². The maximum atomic E-state index is 4.57. The van der Waals surface area contributed by atoms with Crippen LogP contribution in [0.2, 0.25) is 0 Å². The molecule has 0 spiro atoms. The lowest BCUT2D eigenvalue weighted by molar-refractivity contribution is -0.758. The summed E-state index contributed by atoms with van der Waals surface area (Å²) in [4.78, 5) is 4.57. The Kier molecular flexibility index (Phi) is 2.66. The van der Waals surface area contributed by atoms with Gasteiger partial charge in [0.05, 0.1) is 0 Å². The largest absolute Gasteiger partial charge is 0.250 e. The Morgan fingerprint density at radius 1 is 1.17 bits per heavy atom. The molecule has 18 heavy (non-hydrogen) atoms. The van der Waals surface area contributed by atoms with Gasteiger partial charge in [-0.25, -0.2) is 4.98 Å². The van der Waals surface area contributed by atoms with Crippen LogP contribution in [0.25, 0.3) is 11.4 Å². The zero-order valence-electron chi connectivity index (χ0n) is 11.1. The van der Waals surface area contributed by atoms with E-state index in [1.54, 1.807) is 0 Å². The fourth-order valence-electron chi connectivity index (χ4n) is 3.14. The SMILES string of the molecule is CCC1(CC)Cc2cccnc2-c2cccc[n+]21. The molecule has 2 heteroatoms. The first-order valence-electron chi connectivity index (χ1n) is 6.76. The number of aromatic nitrogens is 2. The van der Waals surface area contributed by atoms with Crippen LogP contribution in [-0.2, 0) is 12.0 Å². The zero-order chi connectivity index (χ0) is 12.6. The third-order valence-corrected chi connectivity index (χ3v) is 4.34. The van der Waals surface area contributed by atoms with Gasteiger partial charge in [-0.1, -0.05) is 19.9 Å². The Balaban J connectivity index is 2.29. The van der Waals surface area contributed by atoms with E-state index in [2.05, 4.69) is 53.9 Å². The van der Waals surface area contributed by atoms with Gasteiger partial charge >= 0.3 is 0 Å². The smallest absolute Gasteiger partial charge is 0.231 e. The minimum absolute atomic E-state index is 0.215. The Morgan fingerprint density at radius 3 is 2.78 bits per heavy atom. The van der Waals surface area contributed by atoms with Gasteiger partial charge in [0.15, 0.2) is 11.7 Å². The van der Waals surface area contributed by atoms with Crippen LogP contribution in [0, 0.1) is 0 Å². The van der Waals surface area contributed by atoms with Gasteiger partial charge in [-0.05, 0) is 17.7 Å². The van der Waals surface area contributed by atoms with E-state index in [9.17, 15) is 0 Å². The summed E-state index contributed by atoms with van der Waals surface area (Å²) >= 11 is 0. The number of rotatable bonds is 2. The minimum atomic E-state index is 0.215. The third-order valence-electron chi connectivity index (χ3n) is 4.34. The average Bonchev–Trinajstić information content (AvgIpc) is 2.46. The average molecular weight is 239 g/mol. The molecular formula is C16H19N2+. The van der Waals surface area contributed by atoms with E-state index >= 15 is 0 Å². The summed E-state index contributed by atoms with van der Waals surface area (Å²) in [6.07, 6.45) is 7.49. The molecule has 0 saturated carbocycles. The van der Waals surface area contributed by atoms with E-state index < -0.39 is 0 Å². The summed E-state index contributed by atoms with van der Waals surface area (Å²) in [6, 6.07) is 10.7. The van der Waals surface area contributed by atoms with Gasteiger partial charge in [-0.3, -0.25) is 0 Å². The number of hydrogen-bond acceptors (Lipinski definition) is 1. The van der Waals surface area contributed by atoms with Gasteiger partial charge in [-0.2, -0.15) is 4.57 Å². The van der Waals surface area contributed by atoms with Crippen molar-refractivity contribution in [2.75, 3.05) is 0 Å². The van der Waals surface area contributed by atoms with Gasteiger partial charge in [0.25, 0.3) is 0 Å². The normalized spacial score (nSPS) is 15.9. The molecule has 0 fully saturated rings. The minimum Gasteiger partial charge on any atom is -0.250 e. The number of nitrogens with zero attached hydrogens (tertiary/aromatic N) is 2. The zero-order valence-corrected chi connectivity index (χ0v) is 11.1. The molecule has 1 aliphatic rings. The second-order valence-corrected chi connectivity index (χ2v) is 5.08. The van der Waals surface area contributed by atoms with Crippen molar-refractivity contribution in [1.82, 2.24) is 4.98 Å². The highest BCUT2D eigenvalue weighted by atomic mass is 15.1. The molecule has 2 aromatic rings. The predicted octanol–water partition coefficient (Wildman–Crippen LogP) is 3.11. The molecule has 2 nitrogen and oxygen atoms in total. The standard InChI is InChI=1S/C16H19N2/c1-3-16(4-2)12-13-8-7-10-17-15(13)14-9-5-6-11-18(14)16/h5-11H,3-4,12H2,1-2H3/q+1. The van der Waals surface area contributed by atoms with Crippen molar-refractivity contribution < 1.29 is 4.57 Å². The molecule has 0 radical (unpaired) electrons. The second kappa shape index (κ2) is 4.20. The molecule has 3 heterocycles. The summed E-state index contributed by atoms with van der Waals surface area (Å²) < 4.78 is 2.43. The first-order valence-corrected chi connectivity index (χ1v) is 6.76. The maximum Gasteiger partial charge on any atom is 0.231 e. The Morgan fingerprint density at radius 2 is 2.00 bits per heavy atom. The van der Waals surface area contributed by atoms with Gasteiger partial charge < -0.3 is 0 Å². The van der Waals surface area contributed by atoms with Crippen molar-refractivity contribution in [2.24, 2.45) is 0 Å². The monoisotopic (exact) mass is 239 g/mol. The first-order chi connectivity index (χ1) is 8.80. The lowest BCUT2D eigenvalue weighted by atomic mass is 9.81. The predicted molar refractivity (Wildman–Crippen MR) is 72.1 cm³/mol. The molecule has 0 unspecified atom stereocenters. The van der Waals surface area contributed by atoms with Crippen molar-refractivity contribution >= 4 is 0 Å². The highest BCUT2D eigenvalue weighted by Gasteiger charge is 2.43. The number of hydrogen-bond donors (Lipinski definition) is 0. The Hall–Kier alpha value is -1.70. The number of pyridine rings is 2. The highest BCUT2D eigenvalue weighted by Crippen LogP contribution is 2.34. The lowest BCUT2D eigenvalue weighted by Gasteiger charge is -2.32. The van der Waals surface area contributed by atoms with E-state index in [0.717, 1.165) is 25.0 Å². The van der Waals surface area contributed by atoms with E-state index in [1.807, 2.05) is 12.3 Å². The van der Waals surface area contributed by atoms with E-state index in [1.165, 1.54) is 11.3 Å². The number of fused-ring (bicyclic) bond motifs is 3. The first kappa shape index (κ1) is 11.4. The molecule has 0 bridgehead atoms. The molecule has 0 aromatic carbocycles. The maximum absolute atomic E-state index is 4.57. The van der Waals surface area contributed by atoms with Crippen LogP contribution >= 0.6 is 0 Å². The summed E-state index contributed by atoms with van der Waals surface area (Å²) in [5.74, 6) is 0. The second-order valence-electron chi connectivity index (χ2n) is 5.08. The van der Waals surface area contributed by atoms with Gasteiger partial charge in [-0.15, -0.1) is 0 Å². The van der Waals surface area contributed by atoms with E-state index in [0.29, 0.717) is 0 Å². The quantitative estimate of drug-likeness (QED) is 0.736. The van der Waals surface area contributed by atoms with Crippen molar-refractivity contribution in [3.63, 3.8) is 0 Å². The third kappa shape index (κ3) is 1.48. The van der Waals surface area contributed by atoms with Crippen molar-refractivity contribution in [3.8, 4) is 11.4 Å². The van der Waals surface area contributed by atoms with E-state index in [-0.39, 0.29) is 5.54 Å². The van der Waals surface area contributed by atoms with Crippen LogP contribution in [0.3, 0.4) is 0 Å². The van der Waals surface area contributed by atoms with Crippen LogP contribution in [0.4, 0.5) is 0 Å². The van der Waals surface area contributed by atoms with Crippen LogP contribution in [-0.4, -0.2) is 4.98 Å². The van der Waals surface area contributed by atoms with Gasteiger partial charge in [0.1, 0.15) is 5.69 Å². The summed E-state index contributed by atoms with van der Waals surface area (Å²) in [7, 11) is 0.